The molecule has 1 atom stereocenters. The first-order chi connectivity index (χ1) is 11.4. The molecule has 6 heteroatoms. The second-order valence-electron chi connectivity index (χ2n) is 6.85. The number of aromatic nitrogens is 3. The van der Waals surface area contributed by atoms with E-state index in [0.717, 1.165) is 24.4 Å². The largest absolute Gasteiger partial charge is 0.368 e. The fourth-order valence-electron chi connectivity index (χ4n) is 3.27. The summed E-state index contributed by atoms with van der Waals surface area (Å²) in [5.41, 5.74) is 2.78. The van der Waals surface area contributed by atoms with Crippen molar-refractivity contribution in [2.24, 2.45) is 5.41 Å². The van der Waals surface area contributed by atoms with Crippen molar-refractivity contribution < 1.29 is 0 Å². The maximum absolute atomic E-state index is 9.05. The number of nitrogens with zero attached hydrogens (tertiary/aromatic N) is 4. The summed E-state index contributed by atoms with van der Waals surface area (Å²) in [7, 11) is 2.06. The van der Waals surface area contributed by atoms with E-state index in [4.69, 9.17) is 16.9 Å². The van der Waals surface area contributed by atoms with Gasteiger partial charge < -0.3 is 4.90 Å². The molecular weight excluding hydrogens is 322 g/mol. The summed E-state index contributed by atoms with van der Waals surface area (Å²) in [5.74, 6) is 0.835. The van der Waals surface area contributed by atoms with Crippen molar-refractivity contribution in [1.82, 2.24) is 15.2 Å². The van der Waals surface area contributed by atoms with Gasteiger partial charge in [-0.2, -0.15) is 10.4 Å². The Morgan fingerprint density at radius 1 is 1.42 bits per heavy atom. The molecule has 0 saturated carbocycles. The maximum atomic E-state index is 9.05. The average Bonchev–Trinajstić information content (AvgIpc) is 3.08. The molecule has 5 nitrogen and oxygen atoms in total. The third-order valence-electron chi connectivity index (χ3n) is 4.82. The Kier molecular flexibility index (Phi) is 4.33. The van der Waals surface area contributed by atoms with E-state index in [9.17, 15) is 0 Å². The van der Waals surface area contributed by atoms with Gasteiger partial charge in [-0.3, -0.25) is 5.10 Å². The molecule has 24 heavy (non-hydrogen) atoms. The normalized spacial score (nSPS) is 19.5. The Bertz CT molecular complexity index is 801. The second-order valence-corrected chi connectivity index (χ2v) is 7.25. The van der Waals surface area contributed by atoms with E-state index in [1.807, 2.05) is 12.1 Å². The molecule has 0 bridgehead atoms. The van der Waals surface area contributed by atoms with E-state index in [-0.39, 0.29) is 11.5 Å². The lowest BCUT2D eigenvalue weighted by Crippen LogP contribution is -2.44. The monoisotopic (exact) mass is 341 g/mol. The minimum Gasteiger partial charge on any atom is -0.368 e. The minimum absolute atomic E-state index is 0.110. The Morgan fingerprint density at radius 2 is 2.21 bits per heavy atom. The zero-order chi connectivity index (χ0) is 17.3. The number of nitriles is 1. The molecule has 0 radical (unpaired) electrons. The van der Waals surface area contributed by atoms with Crippen LogP contribution in [-0.2, 0) is 0 Å². The van der Waals surface area contributed by atoms with E-state index in [1.165, 1.54) is 11.9 Å². The van der Waals surface area contributed by atoms with E-state index in [2.05, 4.69) is 53.1 Å². The number of hydrogen-bond donors (Lipinski definition) is 1. The molecule has 1 N–H and O–H groups in total. The van der Waals surface area contributed by atoms with Crippen molar-refractivity contribution in [1.29, 1.82) is 5.26 Å². The number of nitrogens with one attached hydrogen (secondary N) is 1. The van der Waals surface area contributed by atoms with Gasteiger partial charge in [0.2, 0.25) is 0 Å². The number of aromatic amines is 1. The highest BCUT2D eigenvalue weighted by atomic mass is 35.5. The molecule has 124 valence electrons. The standard InChI is InChI=1S/C18H20ClN5/c1-18(2)7-6-12(17-21-11-22-23-17)8-16(18)24(3)14-5-4-13(10-20)15(19)9-14/h4-5,8-9,11,16H,6-7H2,1-3H3,(H,21,22,23). The highest BCUT2D eigenvalue weighted by Crippen LogP contribution is 2.41. The third kappa shape index (κ3) is 3.02. The second kappa shape index (κ2) is 6.29. The number of rotatable bonds is 3. The SMILES string of the molecule is CN(c1ccc(C#N)c(Cl)c1)C1C=C(c2ncn[nH]2)CCC1(C)C. The van der Waals surface area contributed by atoms with Crippen molar-refractivity contribution >= 4 is 22.9 Å². The minimum atomic E-state index is 0.110. The number of halogens is 1. The van der Waals surface area contributed by atoms with Gasteiger partial charge in [0, 0.05) is 12.7 Å². The van der Waals surface area contributed by atoms with Crippen LogP contribution in [0.3, 0.4) is 0 Å². The number of likely N-dealkylation sites (N-methyl/N-ethyl adjacent to an activating group) is 1. The average molecular weight is 342 g/mol. The Balaban J connectivity index is 1.96. The first kappa shape index (κ1) is 16.5. The number of benzene rings is 1. The first-order valence-corrected chi connectivity index (χ1v) is 8.29. The smallest absolute Gasteiger partial charge is 0.151 e. The van der Waals surface area contributed by atoms with Crippen LogP contribution in [0.25, 0.3) is 5.57 Å². The quantitative estimate of drug-likeness (QED) is 0.914. The van der Waals surface area contributed by atoms with Crippen LogP contribution in [0.2, 0.25) is 5.02 Å². The zero-order valence-electron chi connectivity index (χ0n) is 14.0. The van der Waals surface area contributed by atoms with Crippen molar-refractivity contribution in [3.63, 3.8) is 0 Å². The molecule has 1 aliphatic carbocycles. The Labute approximate surface area is 147 Å². The van der Waals surface area contributed by atoms with Gasteiger partial charge in [0.25, 0.3) is 0 Å². The molecule has 0 fully saturated rings. The van der Waals surface area contributed by atoms with Gasteiger partial charge >= 0.3 is 0 Å². The van der Waals surface area contributed by atoms with Crippen LogP contribution >= 0.6 is 11.6 Å². The number of allylic oxidation sites excluding steroid dienone is 1. The van der Waals surface area contributed by atoms with Crippen LogP contribution in [0.4, 0.5) is 5.69 Å². The van der Waals surface area contributed by atoms with E-state index in [1.54, 1.807) is 6.07 Å². The van der Waals surface area contributed by atoms with Crippen LogP contribution in [0.5, 0.6) is 0 Å². The van der Waals surface area contributed by atoms with E-state index >= 15 is 0 Å². The molecule has 1 heterocycles. The Morgan fingerprint density at radius 3 is 2.83 bits per heavy atom. The topological polar surface area (TPSA) is 68.6 Å². The molecule has 1 aromatic heterocycles. The lowest BCUT2D eigenvalue weighted by Gasteiger charge is -2.43. The summed E-state index contributed by atoms with van der Waals surface area (Å²) >= 11 is 6.21. The van der Waals surface area contributed by atoms with Crippen molar-refractivity contribution in [2.75, 3.05) is 11.9 Å². The highest BCUT2D eigenvalue weighted by molar-refractivity contribution is 6.32. The molecule has 2 aromatic rings. The molecule has 1 unspecified atom stereocenters. The summed E-state index contributed by atoms with van der Waals surface area (Å²) in [6, 6.07) is 7.86. The predicted octanol–water partition coefficient (Wildman–Crippen LogP) is 4.04. The Hall–Kier alpha value is -2.32. The molecule has 1 aromatic carbocycles. The summed E-state index contributed by atoms with van der Waals surface area (Å²) < 4.78 is 0. The molecular formula is C18H20ClN5. The van der Waals surface area contributed by atoms with Gasteiger partial charge in [0.15, 0.2) is 5.82 Å². The fourth-order valence-corrected chi connectivity index (χ4v) is 3.49. The maximum Gasteiger partial charge on any atom is 0.151 e. The van der Waals surface area contributed by atoms with Crippen LogP contribution < -0.4 is 4.90 Å². The van der Waals surface area contributed by atoms with Gasteiger partial charge in [-0.1, -0.05) is 31.5 Å². The molecule has 0 aliphatic heterocycles. The van der Waals surface area contributed by atoms with Crippen molar-refractivity contribution in [2.45, 2.75) is 32.7 Å². The lowest BCUT2D eigenvalue weighted by molar-refractivity contribution is 0.285. The molecule has 1 aliphatic rings. The van der Waals surface area contributed by atoms with Gasteiger partial charge in [-0.15, -0.1) is 0 Å². The molecule has 3 rings (SSSR count). The molecule has 0 amide bonds. The van der Waals surface area contributed by atoms with E-state index < -0.39 is 0 Å². The van der Waals surface area contributed by atoms with Gasteiger partial charge in [0.1, 0.15) is 12.4 Å². The van der Waals surface area contributed by atoms with Gasteiger partial charge in [0.05, 0.1) is 16.6 Å². The summed E-state index contributed by atoms with van der Waals surface area (Å²) in [5, 5.41) is 16.4. The summed E-state index contributed by atoms with van der Waals surface area (Å²) in [6.07, 6.45) is 5.82. The van der Waals surface area contributed by atoms with Crippen LogP contribution in [0.15, 0.2) is 30.6 Å². The zero-order valence-corrected chi connectivity index (χ0v) is 14.8. The van der Waals surface area contributed by atoms with E-state index in [0.29, 0.717) is 10.6 Å². The molecule has 0 spiro atoms. The third-order valence-corrected chi connectivity index (χ3v) is 5.13. The number of H-pyrrole nitrogens is 1. The van der Waals surface area contributed by atoms with Crippen LogP contribution in [0, 0.1) is 16.7 Å². The summed E-state index contributed by atoms with van der Waals surface area (Å²) in [6.45, 7) is 4.54. The highest BCUT2D eigenvalue weighted by Gasteiger charge is 2.35. The van der Waals surface area contributed by atoms with Crippen molar-refractivity contribution in [3.8, 4) is 6.07 Å². The molecule has 0 saturated heterocycles. The summed E-state index contributed by atoms with van der Waals surface area (Å²) in [4.78, 5) is 6.49. The van der Waals surface area contributed by atoms with Crippen molar-refractivity contribution in [3.05, 3.63) is 47.0 Å². The lowest BCUT2D eigenvalue weighted by atomic mass is 9.73. The fraction of sp³-hybridized carbons (Fsp3) is 0.389. The van der Waals surface area contributed by atoms with Crippen LogP contribution in [-0.4, -0.2) is 28.3 Å². The van der Waals surface area contributed by atoms with Gasteiger partial charge in [-0.05, 0) is 42.0 Å². The van der Waals surface area contributed by atoms with Crippen LogP contribution in [0.1, 0.15) is 38.1 Å². The number of hydrogen-bond acceptors (Lipinski definition) is 4. The predicted molar refractivity (Wildman–Crippen MR) is 95.7 cm³/mol. The van der Waals surface area contributed by atoms with Gasteiger partial charge in [-0.25, -0.2) is 4.98 Å². The number of anilines is 1. The first-order valence-electron chi connectivity index (χ1n) is 7.91.